The first-order valence-electron chi connectivity index (χ1n) is 3.61. The fourth-order valence-electron chi connectivity index (χ4n) is 0.923. The third kappa shape index (κ3) is 2.62. The molecule has 0 aliphatic carbocycles. The Labute approximate surface area is 67.3 Å². The van der Waals surface area contributed by atoms with Crippen LogP contribution in [-0.4, -0.2) is 30.1 Å². The van der Waals surface area contributed by atoms with Crippen LogP contribution in [0.4, 0.5) is 0 Å². The molecule has 3 nitrogen and oxygen atoms in total. The number of hydrogen-bond acceptors (Lipinski definition) is 2. The van der Waals surface area contributed by atoms with Crippen LogP contribution in [-0.2, 0) is 4.79 Å². The van der Waals surface area contributed by atoms with Crippen molar-refractivity contribution in [1.82, 2.24) is 4.90 Å². The van der Waals surface area contributed by atoms with Gasteiger partial charge >= 0.3 is 5.97 Å². The lowest BCUT2D eigenvalue weighted by Crippen LogP contribution is -2.20. The monoisotopic (exact) mass is 157 g/mol. The highest BCUT2D eigenvalue weighted by Crippen LogP contribution is 2.09. The average Bonchev–Trinajstić information content (AvgIpc) is 1.85. The van der Waals surface area contributed by atoms with Gasteiger partial charge in [0.1, 0.15) is 5.70 Å². The van der Waals surface area contributed by atoms with Crippen molar-refractivity contribution in [3.05, 3.63) is 11.3 Å². The Balaban J connectivity index is 4.73. The summed E-state index contributed by atoms with van der Waals surface area (Å²) in [5.41, 5.74) is 1.30. The number of likely N-dealkylation sites (N-methyl/N-ethyl adjacent to an activating group) is 1. The van der Waals surface area contributed by atoms with Gasteiger partial charge in [-0.15, -0.1) is 0 Å². The summed E-state index contributed by atoms with van der Waals surface area (Å²) < 4.78 is 0. The summed E-state index contributed by atoms with van der Waals surface area (Å²) in [6, 6.07) is 0. The molecule has 0 aliphatic rings. The molecule has 0 heterocycles. The summed E-state index contributed by atoms with van der Waals surface area (Å²) in [4.78, 5) is 12.3. The summed E-state index contributed by atoms with van der Waals surface area (Å²) in [5, 5.41) is 8.75. The number of carboxylic acid groups (broad SMARTS) is 1. The van der Waals surface area contributed by atoms with Gasteiger partial charge in [-0.1, -0.05) is 6.92 Å². The molecule has 0 fully saturated rings. The quantitative estimate of drug-likeness (QED) is 0.628. The maximum atomic E-state index is 10.6. The molecular formula is C8H15NO2. The first-order chi connectivity index (χ1) is 5.00. The van der Waals surface area contributed by atoms with Gasteiger partial charge in [-0.3, -0.25) is 0 Å². The fourth-order valence-corrected chi connectivity index (χ4v) is 0.923. The van der Waals surface area contributed by atoms with Gasteiger partial charge in [0.05, 0.1) is 0 Å². The van der Waals surface area contributed by atoms with Gasteiger partial charge in [0.15, 0.2) is 0 Å². The lowest BCUT2D eigenvalue weighted by molar-refractivity contribution is -0.134. The van der Waals surface area contributed by atoms with Crippen LogP contribution in [0.2, 0.25) is 0 Å². The van der Waals surface area contributed by atoms with Crippen LogP contribution < -0.4 is 0 Å². The summed E-state index contributed by atoms with van der Waals surface area (Å²) in [6.45, 7) is 3.78. The number of rotatable bonds is 3. The SMILES string of the molecule is CCC(C)=C(C(=O)O)N(C)C. The Kier molecular flexibility index (Phi) is 3.65. The zero-order chi connectivity index (χ0) is 9.02. The highest BCUT2D eigenvalue weighted by atomic mass is 16.4. The smallest absolute Gasteiger partial charge is 0.352 e. The summed E-state index contributed by atoms with van der Waals surface area (Å²) in [7, 11) is 3.48. The van der Waals surface area contributed by atoms with Crippen LogP contribution in [0.25, 0.3) is 0 Å². The zero-order valence-electron chi connectivity index (χ0n) is 7.51. The first-order valence-corrected chi connectivity index (χ1v) is 3.61. The van der Waals surface area contributed by atoms with E-state index in [-0.39, 0.29) is 0 Å². The predicted molar refractivity (Wildman–Crippen MR) is 44.3 cm³/mol. The molecule has 1 N–H and O–H groups in total. The second-order valence-electron chi connectivity index (χ2n) is 2.68. The van der Waals surface area contributed by atoms with E-state index in [1.54, 1.807) is 19.0 Å². The molecule has 0 bridgehead atoms. The number of carbonyl (C=O) groups is 1. The van der Waals surface area contributed by atoms with Gasteiger partial charge in [-0.05, 0) is 18.9 Å². The molecule has 0 aliphatic heterocycles. The van der Waals surface area contributed by atoms with Crippen molar-refractivity contribution < 1.29 is 9.90 Å². The lowest BCUT2D eigenvalue weighted by Gasteiger charge is -2.15. The minimum Gasteiger partial charge on any atom is -0.477 e. The Hall–Kier alpha value is -0.990. The third-order valence-electron chi connectivity index (χ3n) is 1.58. The van der Waals surface area contributed by atoms with Gasteiger partial charge in [0, 0.05) is 14.1 Å². The Morgan fingerprint density at radius 3 is 2.00 bits per heavy atom. The van der Waals surface area contributed by atoms with Crippen LogP contribution >= 0.6 is 0 Å². The minimum atomic E-state index is -0.852. The van der Waals surface area contributed by atoms with Crippen LogP contribution in [0.5, 0.6) is 0 Å². The first kappa shape index (κ1) is 10.0. The number of allylic oxidation sites excluding steroid dienone is 1. The average molecular weight is 157 g/mol. The van der Waals surface area contributed by atoms with Crippen molar-refractivity contribution in [3.63, 3.8) is 0 Å². The molecule has 0 saturated heterocycles. The number of nitrogens with zero attached hydrogens (tertiary/aromatic N) is 1. The van der Waals surface area contributed by atoms with Crippen molar-refractivity contribution >= 4 is 5.97 Å². The van der Waals surface area contributed by atoms with Crippen molar-refractivity contribution in [2.45, 2.75) is 20.3 Å². The van der Waals surface area contributed by atoms with Crippen LogP contribution in [0.3, 0.4) is 0 Å². The number of carboxylic acids is 1. The van der Waals surface area contributed by atoms with Crippen LogP contribution in [0.1, 0.15) is 20.3 Å². The molecule has 0 aromatic heterocycles. The molecule has 0 saturated carbocycles. The van der Waals surface area contributed by atoms with Gasteiger partial charge < -0.3 is 10.0 Å². The number of aliphatic carboxylic acids is 1. The van der Waals surface area contributed by atoms with Crippen molar-refractivity contribution in [2.24, 2.45) is 0 Å². The topological polar surface area (TPSA) is 40.5 Å². The van der Waals surface area contributed by atoms with E-state index in [1.165, 1.54) is 0 Å². The van der Waals surface area contributed by atoms with E-state index in [0.717, 1.165) is 12.0 Å². The lowest BCUT2D eigenvalue weighted by atomic mass is 10.2. The molecule has 64 valence electrons. The second kappa shape index (κ2) is 4.01. The highest BCUT2D eigenvalue weighted by molar-refractivity contribution is 5.86. The zero-order valence-corrected chi connectivity index (χ0v) is 7.51. The number of hydrogen-bond donors (Lipinski definition) is 1. The molecule has 11 heavy (non-hydrogen) atoms. The maximum absolute atomic E-state index is 10.6. The normalized spacial score (nSPS) is 12.4. The van der Waals surface area contributed by atoms with Crippen molar-refractivity contribution in [2.75, 3.05) is 14.1 Å². The summed E-state index contributed by atoms with van der Waals surface area (Å²) in [6.07, 6.45) is 0.778. The molecule has 0 aromatic rings. The predicted octanol–water partition coefficient (Wildman–Crippen LogP) is 1.32. The molecule has 0 unspecified atom stereocenters. The molecular weight excluding hydrogens is 142 g/mol. The van der Waals surface area contributed by atoms with Gasteiger partial charge in [0.2, 0.25) is 0 Å². The van der Waals surface area contributed by atoms with Crippen molar-refractivity contribution in [1.29, 1.82) is 0 Å². The molecule has 0 rings (SSSR count). The third-order valence-corrected chi connectivity index (χ3v) is 1.58. The Morgan fingerprint density at radius 1 is 1.45 bits per heavy atom. The maximum Gasteiger partial charge on any atom is 0.352 e. The molecule has 0 radical (unpaired) electrons. The Bertz CT molecular complexity index is 183. The molecule has 0 spiro atoms. The van der Waals surface area contributed by atoms with E-state index >= 15 is 0 Å². The molecule has 0 atom stereocenters. The van der Waals surface area contributed by atoms with E-state index in [4.69, 9.17) is 5.11 Å². The largest absolute Gasteiger partial charge is 0.477 e. The molecule has 0 aromatic carbocycles. The van der Waals surface area contributed by atoms with Gasteiger partial charge in [0.25, 0.3) is 0 Å². The van der Waals surface area contributed by atoms with E-state index in [1.807, 2.05) is 13.8 Å². The second-order valence-corrected chi connectivity index (χ2v) is 2.68. The van der Waals surface area contributed by atoms with Gasteiger partial charge in [-0.25, -0.2) is 4.79 Å². The molecule has 3 heteroatoms. The van der Waals surface area contributed by atoms with E-state index < -0.39 is 5.97 Å². The minimum absolute atomic E-state index is 0.396. The van der Waals surface area contributed by atoms with E-state index in [2.05, 4.69) is 0 Å². The highest BCUT2D eigenvalue weighted by Gasteiger charge is 2.11. The van der Waals surface area contributed by atoms with Crippen molar-refractivity contribution in [3.8, 4) is 0 Å². The van der Waals surface area contributed by atoms with Gasteiger partial charge in [-0.2, -0.15) is 0 Å². The Morgan fingerprint density at radius 2 is 1.91 bits per heavy atom. The standard InChI is InChI=1S/C8H15NO2/c1-5-6(2)7(8(10)11)9(3)4/h5H2,1-4H3,(H,10,11). The van der Waals surface area contributed by atoms with Crippen LogP contribution in [0.15, 0.2) is 11.3 Å². The molecule has 0 amide bonds. The summed E-state index contributed by atoms with van der Waals surface area (Å²) in [5.74, 6) is -0.852. The van der Waals surface area contributed by atoms with E-state index in [0.29, 0.717) is 5.70 Å². The summed E-state index contributed by atoms with van der Waals surface area (Å²) >= 11 is 0. The van der Waals surface area contributed by atoms with E-state index in [9.17, 15) is 4.79 Å². The fraction of sp³-hybridized carbons (Fsp3) is 0.625. The van der Waals surface area contributed by atoms with Crippen LogP contribution in [0, 0.1) is 0 Å².